The smallest absolute Gasteiger partial charge is 0.325 e. The van der Waals surface area contributed by atoms with Gasteiger partial charge in [-0.1, -0.05) is 0 Å². The second-order valence-electron chi connectivity index (χ2n) is 2.96. The van der Waals surface area contributed by atoms with Gasteiger partial charge >= 0.3 is 5.97 Å². The lowest BCUT2D eigenvalue weighted by atomic mass is 10.2. The molecule has 0 spiro atoms. The van der Waals surface area contributed by atoms with Crippen LogP contribution in [0.15, 0.2) is 18.5 Å². The Hall–Kier alpha value is -1.58. The molecule has 0 unspecified atom stereocenters. The number of aliphatic carboxylic acids is 1. The molecular weight excluding hydrogens is 168 g/mol. The highest BCUT2D eigenvalue weighted by Crippen LogP contribution is 2.08. The zero-order chi connectivity index (χ0) is 9.84. The van der Waals surface area contributed by atoms with Gasteiger partial charge in [-0.05, 0) is 25.5 Å². The third kappa shape index (κ3) is 2.74. The zero-order valence-electron chi connectivity index (χ0n) is 7.61. The van der Waals surface area contributed by atoms with Gasteiger partial charge in [-0.25, -0.2) is 0 Å². The third-order valence-electron chi connectivity index (χ3n) is 1.63. The Kier molecular flexibility index (Phi) is 2.84. The van der Waals surface area contributed by atoms with E-state index in [9.17, 15) is 4.79 Å². The Morgan fingerprint density at radius 3 is 2.85 bits per heavy atom. The summed E-state index contributed by atoms with van der Waals surface area (Å²) >= 11 is 0. The maximum atomic E-state index is 10.5. The van der Waals surface area contributed by atoms with Crippen LogP contribution in [0.4, 0.5) is 5.69 Å². The van der Waals surface area contributed by atoms with Crippen LogP contribution in [-0.2, 0) is 4.79 Å². The summed E-state index contributed by atoms with van der Waals surface area (Å²) in [6.07, 6.45) is 3.32. The van der Waals surface area contributed by atoms with Crippen LogP contribution < -0.4 is 5.32 Å². The minimum atomic E-state index is -0.874. The largest absolute Gasteiger partial charge is 0.480 e. The molecule has 0 radical (unpaired) electrons. The van der Waals surface area contributed by atoms with E-state index in [1.54, 1.807) is 19.3 Å². The lowest BCUT2D eigenvalue weighted by Gasteiger charge is -2.10. The third-order valence-corrected chi connectivity index (χ3v) is 1.63. The van der Waals surface area contributed by atoms with Gasteiger partial charge in [0.05, 0.1) is 5.69 Å². The fourth-order valence-electron chi connectivity index (χ4n) is 0.946. The van der Waals surface area contributed by atoms with Crippen LogP contribution in [0.2, 0.25) is 0 Å². The normalized spacial score (nSPS) is 12.2. The number of carboxylic acid groups (broad SMARTS) is 1. The molecular formula is C9H12N2O2. The number of aromatic nitrogens is 1. The Morgan fingerprint density at radius 1 is 1.62 bits per heavy atom. The first-order chi connectivity index (χ1) is 6.09. The van der Waals surface area contributed by atoms with E-state index in [1.165, 1.54) is 0 Å². The van der Waals surface area contributed by atoms with Gasteiger partial charge in [-0.15, -0.1) is 0 Å². The summed E-state index contributed by atoms with van der Waals surface area (Å²) in [4.78, 5) is 14.4. The molecule has 0 aliphatic rings. The highest BCUT2D eigenvalue weighted by atomic mass is 16.4. The number of hydrogen-bond donors (Lipinski definition) is 2. The number of carbonyl (C=O) groups is 1. The zero-order valence-corrected chi connectivity index (χ0v) is 7.61. The highest BCUT2D eigenvalue weighted by molar-refractivity contribution is 5.76. The van der Waals surface area contributed by atoms with E-state index < -0.39 is 12.0 Å². The summed E-state index contributed by atoms with van der Waals surface area (Å²) in [7, 11) is 0. The van der Waals surface area contributed by atoms with Crippen molar-refractivity contribution in [2.75, 3.05) is 5.32 Å². The molecule has 0 amide bonds. The Labute approximate surface area is 76.6 Å². The number of carboxylic acids is 1. The monoisotopic (exact) mass is 180 g/mol. The second-order valence-corrected chi connectivity index (χ2v) is 2.96. The van der Waals surface area contributed by atoms with Crippen molar-refractivity contribution in [2.24, 2.45) is 0 Å². The molecule has 4 nitrogen and oxygen atoms in total. The number of aryl methyl sites for hydroxylation is 1. The lowest BCUT2D eigenvalue weighted by Crippen LogP contribution is -2.25. The van der Waals surface area contributed by atoms with Gasteiger partial charge in [-0.3, -0.25) is 9.78 Å². The Balaban J connectivity index is 2.69. The van der Waals surface area contributed by atoms with E-state index >= 15 is 0 Å². The van der Waals surface area contributed by atoms with Crippen molar-refractivity contribution in [3.63, 3.8) is 0 Å². The predicted octanol–water partition coefficient (Wildman–Crippen LogP) is 1.28. The first-order valence-electron chi connectivity index (χ1n) is 4.00. The number of nitrogens with zero attached hydrogens (tertiary/aromatic N) is 1. The molecule has 0 fully saturated rings. The van der Waals surface area contributed by atoms with Crippen LogP contribution >= 0.6 is 0 Å². The molecule has 1 heterocycles. The summed E-state index contributed by atoms with van der Waals surface area (Å²) in [5.41, 5.74) is 1.73. The first kappa shape index (κ1) is 9.51. The number of hydrogen-bond acceptors (Lipinski definition) is 3. The number of rotatable bonds is 3. The van der Waals surface area contributed by atoms with Crippen molar-refractivity contribution in [3.8, 4) is 0 Å². The van der Waals surface area contributed by atoms with Gasteiger partial charge in [0.1, 0.15) is 6.04 Å². The van der Waals surface area contributed by atoms with E-state index in [1.807, 2.05) is 13.0 Å². The van der Waals surface area contributed by atoms with Crippen LogP contribution in [0.5, 0.6) is 0 Å². The number of nitrogens with one attached hydrogen (secondary N) is 1. The van der Waals surface area contributed by atoms with Crippen molar-refractivity contribution in [3.05, 3.63) is 24.0 Å². The average Bonchev–Trinajstić information content (AvgIpc) is 2.04. The van der Waals surface area contributed by atoms with E-state index in [-0.39, 0.29) is 0 Å². The molecule has 4 heteroatoms. The summed E-state index contributed by atoms with van der Waals surface area (Å²) in [5, 5.41) is 11.4. The fourth-order valence-corrected chi connectivity index (χ4v) is 0.946. The predicted molar refractivity (Wildman–Crippen MR) is 49.7 cm³/mol. The van der Waals surface area contributed by atoms with Crippen LogP contribution in [0, 0.1) is 6.92 Å². The molecule has 1 atom stereocenters. The van der Waals surface area contributed by atoms with E-state index in [0.717, 1.165) is 11.3 Å². The maximum absolute atomic E-state index is 10.5. The minimum Gasteiger partial charge on any atom is -0.480 e. The SMILES string of the molecule is Cc1cncc(N[C@@H](C)C(=O)O)c1. The van der Waals surface area contributed by atoms with Crippen molar-refractivity contribution >= 4 is 11.7 Å². The van der Waals surface area contributed by atoms with Crippen LogP contribution in [0.1, 0.15) is 12.5 Å². The molecule has 13 heavy (non-hydrogen) atoms. The Bertz CT molecular complexity index is 312. The van der Waals surface area contributed by atoms with Crippen molar-refractivity contribution in [1.29, 1.82) is 0 Å². The van der Waals surface area contributed by atoms with Crippen LogP contribution in [0.25, 0.3) is 0 Å². The molecule has 0 saturated carbocycles. The minimum absolute atomic E-state index is 0.594. The summed E-state index contributed by atoms with van der Waals surface area (Å²) in [6, 6.07) is 1.26. The summed E-state index contributed by atoms with van der Waals surface area (Å²) in [6.45, 7) is 3.49. The lowest BCUT2D eigenvalue weighted by molar-refractivity contribution is -0.137. The van der Waals surface area contributed by atoms with E-state index in [4.69, 9.17) is 5.11 Å². The van der Waals surface area contributed by atoms with Crippen molar-refractivity contribution in [2.45, 2.75) is 19.9 Å². The number of pyridine rings is 1. The maximum Gasteiger partial charge on any atom is 0.325 e. The Morgan fingerprint density at radius 2 is 2.31 bits per heavy atom. The molecule has 0 saturated heterocycles. The van der Waals surface area contributed by atoms with E-state index in [0.29, 0.717) is 0 Å². The average molecular weight is 180 g/mol. The summed E-state index contributed by atoms with van der Waals surface area (Å²) in [5.74, 6) is -0.874. The molecule has 0 aliphatic heterocycles. The molecule has 0 aromatic carbocycles. The summed E-state index contributed by atoms with van der Waals surface area (Å²) < 4.78 is 0. The standard InChI is InChI=1S/C9H12N2O2/c1-6-3-8(5-10-4-6)11-7(2)9(12)13/h3-5,7,11H,1-2H3,(H,12,13)/t7-/m0/s1. The molecule has 0 aliphatic carbocycles. The van der Waals surface area contributed by atoms with Gasteiger partial charge in [0, 0.05) is 12.4 Å². The van der Waals surface area contributed by atoms with Gasteiger partial charge in [0.2, 0.25) is 0 Å². The van der Waals surface area contributed by atoms with Crippen LogP contribution in [-0.4, -0.2) is 22.1 Å². The molecule has 1 aromatic rings. The first-order valence-corrected chi connectivity index (χ1v) is 4.00. The van der Waals surface area contributed by atoms with Crippen LogP contribution in [0.3, 0.4) is 0 Å². The fraction of sp³-hybridized carbons (Fsp3) is 0.333. The van der Waals surface area contributed by atoms with Gasteiger partial charge in [-0.2, -0.15) is 0 Å². The molecule has 70 valence electrons. The van der Waals surface area contributed by atoms with Gasteiger partial charge < -0.3 is 10.4 Å². The molecule has 1 aromatic heterocycles. The quantitative estimate of drug-likeness (QED) is 0.735. The van der Waals surface area contributed by atoms with Crippen molar-refractivity contribution in [1.82, 2.24) is 4.98 Å². The van der Waals surface area contributed by atoms with Gasteiger partial charge in [0.25, 0.3) is 0 Å². The van der Waals surface area contributed by atoms with Gasteiger partial charge in [0.15, 0.2) is 0 Å². The second kappa shape index (κ2) is 3.89. The molecule has 2 N–H and O–H groups in total. The number of anilines is 1. The highest BCUT2D eigenvalue weighted by Gasteiger charge is 2.09. The molecule has 1 rings (SSSR count). The van der Waals surface area contributed by atoms with E-state index in [2.05, 4.69) is 10.3 Å². The van der Waals surface area contributed by atoms with Crippen molar-refractivity contribution < 1.29 is 9.90 Å². The topological polar surface area (TPSA) is 62.2 Å². The molecule has 0 bridgehead atoms.